The molecular formula is C10H19O. The quantitative estimate of drug-likeness (QED) is 0.570. The van der Waals surface area contributed by atoms with E-state index in [1.54, 1.807) is 0 Å². The molecule has 1 rings (SSSR count). The second kappa shape index (κ2) is 5.59. The van der Waals surface area contributed by atoms with Gasteiger partial charge in [-0.15, -0.1) is 0 Å². The molecule has 0 amide bonds. The molecule has 1 unspecified atom stereocenters. The van der Waals surface area contributed by atoms with Crippen LogP contribution in [0.25, 0.3) is 0 Å². The van der Waals surface area contributed by atoms with E-state index in [4.69, 9.17) is 0 Å². The van der Waals surface area contributed by atoms with Crippen molar-refractivity contribution < 1.29 is 5.11 Å². The van der Waals surface area contributed by atoms with Crippen LogP contribution in [0, 0.1) is 6.42 Å². The van der Waals surface area contributed by atoms with Gasteiger partial charge in [0.25, 0.3) is 0 Å². The fourth-order valence-electron chi connectivity index (χ4n) is 1.63. The smallest absolute Gasteiger partial charge is 0.0543 e. The molecule has 0 saturated heterocycles. The second-order valence-corrected chi connectivity index (χ2v) is 3.52. The minimum atomic E-state index is -0.0481. The number of hydrogen-bond donors (Lipinski definition) is 1. The Morgan fingerprint density at radius 3 is 2.64 bits per heavy atom. The summed E-state index contributed by atoms with van der Waals surface area (Å²) < 4.78 is 0. The Kier molecular flexibility index (Phi) is 4.60. The van der Waals surface area contributed by atoms with Crippen molar-refractivity contribution in [2.24, 2.45) is 0 Å². The lowest BCUT2D eigenvalue weighted by molar-refractivity contribution is 0.157. The van der Waals surface area contributed by atoms with Gasteiger partial charge in [0.05, 0.1) is 6.10 Å². The molecule has 11 heavy (non-hydrogen) atoms. The molecule has 0 aliphatic heterocycles. The van der Waals surface area contributed by atoms with Gasteiger partial charge in [-0.25, -0.2) is 0 Å². The van der Waals surface area contributed by atoms with E-state index >= 15 is 0 Å². The minimum Gasteiger partial charge on any atom is -0.393 e. The van der Waals surface area contributed by atoms with Gasteiger partial charge in [-0.1, -0.05) is 38.5 Å². The third-order valence-corrected chi connectivity index (χ3v) is 2.38. The molecule has 0 aromatic rings. The van der Waals surface area contributed by atoms with Gasteiger partial charge in [-0.2, -0.15) is 0 Å². The molecule has 0 heterocycles. The molecule has 1 heteroatoms. The van der Waals surface area contributed by atoms with Crippen molar-refractivity contribution in [3.63, 3.8) is 0 Å². The van der Waals surface area contributed by atoms with Crippen LogP contribution in [-0.4, -0.2) is 11.2 Å². The molecule has 1 saturated carbocycles. The normalized spacial score (nSPS) is 24.8. The van der Waals surface area contributed by atoms with Crippen molar-refractivity contribution in [1.82, 2.24) is 0 Å². The van der Waals surface area contributed by atoms with Crippen LogP contribution in [0.3, 0.4) is 0 Å². The van der Waals surface area contributed by atoms with Crippen LogP contribution < -0.4 is 0 Å². The maximum Gasteiger partial charge on any atom is 0.0543 e. The first-order valence-electron chi connectivity index (χ1n) is 4.89. The lowest BCUT2D eigenvalue weighted by atomic mass is 9.99. The maximum atomic E-state index is 9.40. The Bertz CT molecular complexity index is 80.9. The largest absolute Gasteiger partial charge is 0.393 e. The van der Waals surface area contributed by atoms with E-state index in [0.717, 1.165) is 12.8 Å². The minimum absolute atomic E-state index is 0.0481. The van der Waals surface area contributed by atoms with E-state index in [0.29, 0.717) is 0 Å². The highest BCUT2D eigenvalue weighted by atomic mass is 16.3. The number of hydrogen-bond acceptors (Lipinski definition) is 1. The van der Waals surface area contributed by atoms with Crippen LogP contribution in [0.5, 0.6) is 0 Å². The highest BCUT2D eigenvalue weighted by Crippen LogP contribution is 2.15. The van der Waals surface area contributed by atoms with E-state index in [9.17, 15) is 5.11 Å². The summed E-state index contributed by atoms with van der Waals surface area (Å²) >= 11 is 0. The van der Waals surface area contributed by atoms with Crippen molar-refractivity contribution in [2.45, 2.75) is 57.5 Å². The van der Waals surface area contributed by atoms with Gasteiger partial charge < -0.3 is 5.11 Å². The number of rotatable bonds is 0. The van der Waals surface area contributed by atoms with Crippen LogP contribution in [-0.2, 0) is 0 Å². The highest BCUT2D eigenvalue weighted by Gasteiger charge is 2.05. The maximum absolute atomic E-state index is 9.40. The van der Waals surface area contributed by atoms with Crippen molar-refractivity contribution in [3.05, 3.63) is 6.42 Å². The SMILES string of the molecule is OC1C[CH]CCCCCCC1. The van der Waals surface area contributed by atoms with Gasteiger partial charge >= 0.3 is 0 Å². The Morgan fingerprint density at radius 2 is 1.73 bits per heavy atom. The molecule has 1 N–H and O–H groups in total. The first-order valence-corrected chi connectivity index (χ1v) is 4.89. The first kappa shape index (κ1) is 9.05. The Morgan fingerprint density at radius 1 is 1.00 bits per heavy atom. The topological polar surface area (TPSA) is 20.2 Å². The molecule has 65 valence electrons. The Balaban J connectivity index is 2.12. The highest BCUT2D eigenvalue weighted by molar-refractivity contribution is 4.71. The number of aliphatic hydroxyl groups excluding tert-OH is 1. The predicted molar refractivity (Wildman–Crippen MR) is 47.2 cm³/mol. The predicted octanol–water partition coefficient (Wildman–Crippen LogP) is 2.69. The lowest BCUT2D eigenvalue weighted by Gasteiger charge is -2.11. The average Bonchev–Trinajstić information content (AvgIpc) is 2.03. The zero-order chi connectivity index (χ0) is 7.94. The molecule has 0 aromatic heterocycles. The third-order valence-electron chi connectivity index (χ3n) is 2.38. The van der Waals surface area contributed by atoms with Crippen molar-refractivity contribution in [3.8, 4) is 0 Å². The molecule has 1 nitrogen and oxygen atoms in total. The summed E-state index contributed by atoms with van der Waals surface area (Å²) in [6, 6.07) is 0. The molecule has 1 aliphatic carbocycles. The summed E-state index contributed by atoms with van der Waals surface area (Å²) in [5.41, 5.74) is 0. The zero-order valence-electron chi connectivity index (χ0n) is 7.26. The Hall–Kier alpha value is -0.0400. The van der Waals surface area contributed by atoms with Gasteiger partial charge in [0.15, 0.2) is 0 Å². The molecule has 0 bridgehead atoms. The van der Waals surface area contributed by atoms with Gasteiger partial charge in [-0.3, -0.25) is 0 Å². The van der Waals surface area contributed by atoms with E-state index in [1.165, 1.54) is 38.5 Å². The average molecular weight is 155 g/mol. The van der Waals surface area contributed by atoms with Crippen molar-refractivity contribution in [2.75, 3.05) is 0 Å². The fraction of sp³-hybridized carbons (Fsp3) is 0.900. The van der Waals surface area contributed by atoms with E-state index in [2.05, 4.69) is 6.42 Å². The van der Waals surface area contributed by atoms with Gasteiger partial charge in [0.1, 0.15) is 0 Å². The standard InChI is InChI=1S/C10H19O/c11-10-8-6-4-2-1-3-5-7-9-10/h6,10-11H,1-5,7-9H2. The van der Waals surface area contributed by atoms with Gasteiger partial charge in [0, 0.05) is 0 Å². The molecule has 1 atom stereocenters. The van der Waals surface area contributed by atoms with Gasteiger partial charge in [-0.05, 0) is 19.3 Å². The summed E-state index contributed by atoms with van der Waals surface area (Å²) in [4.78, 5) is 0. The molecule has 1 fully saturated rings. The monoisotopic (exact) mass is 155 g/mol. The van der Waals surface area contributed by atoms with E-state index in [1.807, 2.05) is 0 Å². The van der Waals surface area contributed by atoms with Crippen LogP contribution in [0.4, 0.5) is 0 Å². The van der Waals surface area contributed by atoms with E-state index < -0.39 is 0 Å². The first-order chi connectivity index (χ1) is 5.39. The van der Waals surface area contributed by atoms with Crippen LogP contribution >= 0.6 is 0 Å². The summed E-state index contributed by atoms with van der Waals surface area (Å²) in [5, 5.41) is 9.40. The molecule has 1 aliphatic rings. The molecule has 1 radical (unpaired) electrons. The molecule has 0 aromatic carbocycles. The van der Waals surface area contributed by atoms with Crippen molar-refractivity contribution in [1.29, 1.82) is 0 Å². The second-order valence-electron chi connectivity index (χ2n) is 3.52. The van der Waals surface area contributed by atoms with Crippen LogP contribution in [0.15, 0.2) is 0 Å². The van der Waals surface area contributed by atoms with Crippen LogP contribution in [0.1, 0.15) is 51.4 Å². The van der Waals surface area contributed by atoms with E-state index in [-0.39, 0.29) is 6.10 Å². The number of aliphatic hydroxyl groups is 1. The summed E-state index contributed by atoms with van der Waals surface area (Å²) in [7, 11) is 0. The van der Waals surface area contributed by atoms with Crippen molar-refractivity contribution >= 4 is 0 Å². The molecular weight excluding hydrogens is 136 g/mol. The van der Waals surface area contributed by atoms with Crippen LogP contribution in [0.2, 0.25) is 0 Å². The Labute approximate surface area is 69.8 Å². The summed E-state index contributed by atoms with van der Waals surface area (Å²) in [6.07, 6.45) is 11.9. The van der Waals surface area contributed by atoms with Gasteiger partial charge in [0.2, 0.25) is 0 Å². The third kappa shape index (κ3) is 4.41. The molecule has 0 spiro atoms. The summed E-state index contributed by atoms with van der Waals surface area (Å²) in [5.74, 6) is 0. The zero-order valence-corrected chi connectivity index (χ0v) is 7.26. The fourth-order valence-corrected chi connectivity index (χ4v) is 1.63. The lowest BCUT2D eigenvalue weighted by Crippen LogP contribution is -2.07. The summed E-state index contributed by atoms with van der Waals surface area (Å²) in [6.45, 7) is 0.